The second-order valence-corrected chi connectivity index (χ2v) is 5.25. The normalized spacial score (nSPS) is 18.4. The van der Waals surface area contributed by atoms with E-state index in [1.807, 2.05) is 7.05 Å². The molecule has 1 aliphatic carbocycles. The van der Waals surface area contributed by atoms with Gasteiger partial charge in [-0.05, 0) is 37.6 Å². The fraction of sp³-hybridized carbons (Fsp3) is 0.571. The maximum Gasteiger partial charge on any atom is 0.416 e. The first kappa shape index (κ1) is 14.3. The third kappa shape index (κ3) is 3.48. The molecule has 0 aromatic heterocycles. The molecule has 1 atom stereocenters. The van der Waals surface area contributed by atoms with Gasteiger partial charge < -0.3 is 10.6 Å². The fourth-order valence-electron chi connectivity index (χ4n) is 2.34. The van der Waals surface area contributed by atoms with Crippen molar-refractivity contribution in [3.8, 4) is 0 Å². The van der Waals surface area contributed by atoms with Crippen LogP contribution in [0.4, 0.5) is 13.2 Å². The van der Waals surface area contributed by atoms with Gasteiger partial charge in [-0.3, -0.25) is 0 Å². The lowest BCUT2D eigenvalue weighted by atomic mass is 9.91. The van der Waals surface area contributed by atoms with Crippen LogP contribution in [0.1, 0.15) is 36.4 Å². The van der Waals surface area contributed by atoms with E-state index in [0.717, 1.165) is 25.0 Å². The summed E-state index contributed by atoms with van der Waals surface area (Å²) in [5.74, 6) is 0. The Kier molecular flexibility index (Phi) is 4.16. The number of nitrogens with zero attached hydrogens (tertiary/aromatic N) is 1. The number of hydrogen-bond acceptors (Lipinski definition) is 2. The maximum atomic E-state index is 12.6. The number of likely N-dealkylation sites (N-methyl/N-ethyl adjacent to an activating group) is 1. The molecular formula is C14H19F3N2. The molecule has 1 fully saturated rings. The van der Waals surface area contributed by atoms with Crippen molar-refractivity contribution in [2.24, 2.45) is 5.73 Å². The highest BCUT2D eigenvalue weighted by atomic mass is 19.4. The molecular weight excluding hydrogens is 253 g/mol. The fourth-order valence-corrected chi connectivity index (χ4v) is 2.34. The average Bonchev–Trinajstić information content (AvgIpc) is 2.25. The quantitative estimate of drug-likeness (QED) is 0.912. The smallest absolute Gasteiger partial charge is 0.323 e. The topological polar surface area (TPSA) is 29.3 Å². The summed E-state index contributed by atoms with van der Waals surface area (Å²) in [6, 6.07) is 5.46. The summed E-state index contributed by atoms with van der Waals surface area (Å²) in [5.41, 5.74) is 5.93. The van der Waals surface area contributed by atoms with Crippen LogP contribution < -0.4 is 5.73 Å². The molecule has 1 aromatic carbocycles. The van der Waals surface area contributed by atoms with E-state index in [9.17, 15) is 13.2 Å². The Labute approximate surface area is 111 Å². The van der Waals surface area contributed by atoms with Crippen LogP contribution in [0.25, 0.3) is 0 Å². The molecule has 1 saturated carbocycles. The van der Waals surface area contributed by atoms with Crippen molar-refractivity contribution in [3.63, 3.8) is 0 Å². The zero-order chi connectivity index (χ0) is 14.0. The Hall–Kier alpha value is -1.07. The molecule has 106 valence electrons. The minimum Gasteiger partial charge on any atom is -0.323 e. The Balaban J connectivity index is 2.04. The number of hydrogen-bond donors (Lipinski definition) is 1. The molecule has 0 radical (unpaired) electrons. The van der Waals surface area contributed by atoms with Crippen molar-refractivity contribution >= 4 is 0 Å². The van der Waals surface area contributed by atoms with Gasteiger partial charge in [0, 0.05) is 18.6 Å². The number of alkyl halides is 3. The Bertz CT molecular complexity index is 427. The summed E-state index contributed by atoms with van der Waals surface area (Å²) in [4.78, 5) is 2.15. The minimum atomic E-state index is -4.31. The second kappa shape index (κ2) is 5.51. The zero-order valence-electron chi connectivity index (χ0n) is 11.0. The van der Waals surface area contributed by atoms with Gasteiger partial charge in [-0.2, -0.15) is 13.2 Å². The molecule has 2 nitrogen and oxygen atoms in total. The Morgan fingerprint density at radius 1 is 1.37 bits per heavy atom. The lowest BCUT2D eigenvalue weighted by Gasteiger charge is -2.36. The van der Waals surface area contributed by atoms with E-state index in [2.05, 4.69) is 4.90 Å². The summed E-state index contributed by atoms with van der Waals surface area (Å²) in [7, 11) is 1.98. The van der Waals surface area contributed by atoms with Gasteiger partial charge in [0.25, 0.3) is 0 Å². The van der Waals surface area contributed by atoms with Gasteiger partial charge in [0.05, 0.1) is 5.56 Å². The van der Waals surface area contributed by atoms with Gasteiger partial charge in [0.2, 0.25) is 0 Å². The first-order valence-electron chi connectivity index (χ1n) is 6.51. The van der Waals surface area contributed by atoms with Gasteiger partial charge in [0.1, 0.15) is 0 Å². The minimum absolute atomic E-state index is 0.382. The van der Waals surface area contributed by atoms with Crippen LogP contribution in [0.5, 0.6) is 0 Å². The van der Waals surface area contributed by atoms with Crippen LogP contribution in [0.2, 0.25) is 0 Å². The maximum absolute atomic E-state index is 12.6. The Morgan fingerprint density at radius 2 is 2.05 bits per heavy atom. The molecule has 1 aliphatic rings. The molecule has 2 rings (SSSR count). The van der Waals surface area contributed by atoms with Crippen molar-refractivity contribution < 1.29 is 13.2 Å². The van der Waals surface area contributed by atoms with E-state index < -0.39 is 11.7 Å². The lowest BCUT2D eigenvalue weighted by Crippen LogP contribution is -2.41. The molecule has 2 N–H and O–H groups in total. The molecule has 1 aromatic rings. The highest BCUT2D eigenvalue weighted by molar-refractivity contribution is 5.28. The predicted molar refractivity (Wildman–Crippen MR) is 68.6 cm³/mol. The summed E-state index contributed by atoms with van der Waals surface area (Å²) >= 11 is 0. The number of halogens is 3. The van der Waals surface area contributed by atoms with Crippen LogP contribution >= 0.6 is 0 Å². The monoisotopic (exact) mass is 272 g/mol. The standard InChI is InChI=1S/C14H19F3N2/c1-19(12-6-3-7-12)9-13(18)10-4-2-5-11(8-10)14(15,16)17/h2,4-5,8,12-13H,3,6-7,9,18H2,1H3. The summed E-state index contributed by atoms with van der Waals surface area (Å²) in [6.07, 6.45) is -0.763. The first-order valence-corrected chi connectivity index (χ1v) is 6.51. The van der Waals surface area contributed by atoms with Crippen LogP contribution in [-0.4, -0.2) is 24.5 Å². The van der Waals surface area contributed by atoms with Crippen LogP contribution in [0, 0.1) is 0 Å². The van der Waals surface area contributed by atoms with E-state index in [4.69, 9.17) is 5.73 Å². The van der Waals surface area contributed by atoms with Crippen molar-refractivity contribution in [2.45, 2.75) is 37.5 Å². The molecule has 0 heterocycles. The van der Waals surface area contributed by atoms with Crippen molar-refractivity contribution in [1.82, 2.24) is 4.90 Å². The highest BCUT2D eigenvalue weighted by Crippen LogP contribution is 2.31. The van der Waals surface area contributed by atoms with E-state index in [1.54, 1.807) is 6.07 Å². The first-order chi connectivity index (χ1) is 8.88. The van der Waals surface area contributed by atoms with E-state index in [0.29, 0.717) is 18.2 Å². The van der Waals surface area contributed by atoms with Crippen molar-refractivity contribution in [3.05, 3.63) is 35.4 Å². The lowest BCUT2D eigenvalue weighted by molar-refractivity contribution is -0.137. The summed E-state index contributed by atoms with van der Waals surface area (Å²) in [6.45, 7) is 0.589. The van der Waals surface area contributed by atoms with Crippen molar-refractivity contribution in [2.75, 3.05) is 13.6 Å². The molecule has 0 spiro atoms. The third-order valence-corrected chi connectivity index (χ3v) is 3.82. The number of benzene rings is 1. The Morgan fingerprint density at radius 3 is 2.58 bits per heavy atom. The van der Waals surface area contributed by atoms with Gasteiger partial charge in [-0.25, -0.2) is 0 Å². The summed E-state index contributed by atoms with van der Waals surface area (Å²) < 4.78 is 37.9. The molecule has 0 aliphatic heterocycles. The number of rotatable bonds is 4. The van der Waals surface area contributed by atoms with Crippen LogP contribution in [0.3, 0.4) is 0 Å². The summed E-state index contributed by atoms with van der Waals surface area (Å²) in [5, 5.41) is 0. The zero-order valence-corrected chi connectivity index (χ0v) is 11.0. The SMILES string of the molecule is CN(CC(N)c1cccc(C(F)(F)F)c1)C1CCC1. The highest BCUT2D eigenvalue weighted by Gasteiger charge is 2.31. The average molecular weight is 272 g/mol. The van der Waals surface area contributed by atoms with Crippen LogP contribution in [0.15, 0.2) is 24.3 Å². The van der Waals surface area contributed by atoms with Gasteiger partial charge in [0.15, 0.2) is 0 Å². The molecule has 1 unspecified atom stereocenters. The van der Waals surface area contributed by atoms with Crippen molar-refractivity contribution in [1.29, 1.82) is 0 Å². The molecule has 0 amide bonds. The van der Waals surface area contributed by atoms with Gasteiger partial charge in [-0.15, -0.1) is 0 Å². The second-order valence-electron chi connectivity index (χ2n) is 5.25. The molecule has 0 saturated heterocycles. The molecule has 19 heavy (non-hydrogen) atoms. The largest absolute Gasteiger partial charge is 0.416 e. The molecule has 5 heteroatoms. The van der Waals surface area contributed by atoms with Crippen LogP contribution in [-0.2, 0) is 6.18 Å². The van der Waals surface area contributed by atoms with E-state index >= 15 is 0 Å². The van der Waals surface area contributed by atoms with E-state index in [1.165, 1.54) is 12.5 Å². The van der Waals surface area contributed by atoms with Gasteiger partial charge in [-0.1, -0.05) is 18.6 Å². The predicted octanol–water partition coefficient (Wildman–Crippen LogP) is 3.19. The van der Waals surface area contributed by atoms with Gasteiger partial charge >= 0.3 is 6.18 Å². The van der Waals surface area contributed by atoms with E-state index in [-0.39, 0.29) is 6.04 Å². The molecule has 0 bridgehead atoms. The number of nitrogens with two attached hydrogens (primary N) is 1. The third-order valence-electron chi connectivity index (χ3n) is 3.82.